The summed E-state index contributed by atoms with van der Waals surface area (Å²) in [6.45, 7) is 4.24. The summed E-state index contributed by atoms with van der Waals surface area (Å²) in [6, 6.07) is 17.2. The number of nitrogens with one attached hydrogen (secondary N) is 1. The molecule has 154 valence electrons. The second kappa shape index (κ2) is 7.31. The third-order valence-corrected chi connectivity index (χ3v) is 6.86. The molecule has 1 N–H and O–H groups in total. The van der Waals surface area contributed by atoms with Crippen LogP contribution in [0.25, 0.3) is 0 Å². The zero-order valence-electron chi connectivity index (χ0n) is 16.9. The minimum absolute atomic E-state index is 0.0883. The molecule has 0 spiro atoms. The van der Waals surface area contributed by atoms with Gasteiger partial charge < -0.3 is 10.1 Å². The molecule has 2 amide bonds. The summed E-state index contributed by atoms with van der Waals surface area (Å²) in [6.07, 6.45) is 5.55. The van der Waals surface area contributed by atoms with E-state index in [9.17, 15) is 9.59 Å². The third-order valence-electron chi connectivity index (χ3n) is 6.86. The number of ether oxygens (including phenoxy) is 1. The van der Waals surface area contributed by atoms with Crippen LogP contribution in [0, 0.1) is 11.8 Å². The summed E-state index contributed by atoms with van der Waals surface area (Å²) >= 11 is 0. The number of carbonyl (C=O) groups is 2. The van der Waals surface area contributed by atoms with Crippen molar-refractivity contribution in [3.05, 3.63) is 72.8 Å². The van der Waals surface area contributed by atoms with E-state index in [0.29, 0.717) is 12.2 Å². The first-order valence-corrected chi connectivity index (χ1v) is 10.7. The summed E-state index contributed by atoms with van der Waals surface area (Å²) < 4.78 is 6.60. The van der Waals surface area contributed by atoms with Gasteiger partial charge in [-0.2, -0.15) is 0 Å². The molecule has 3 aliphatic rings. The van der Waals surface area contributed by atoms with Crippen LogP contribution in [0.2, 0.25) is 0 Å². The number of amides is 2. The van der Waals surface area contributed by atoms with Crippen LogP contribution >= 0.6 is 0 Å². The summed E-state index contributed by atoms with van der Waals surface area (Å²) in [5.74, 6) is -0.508. The Morgan fingerprint density at radius 2 is 1.93 bits per heavy atom. The van der Waals surface area contributed by atoms with Crippen LogP contribution in [0.5, 0.6) is 5.75 Å². The van der Waals surface area contributed by atoms with Crippen molar-refractivity contribution in [1.29, 1.82) is 0 Å². The number of carbonyl (C=O) groups excluding carboxylic acids is 2. The van der Waals surface area contributed by atoms with E-state index < -0.39 is 11.6 Å². The summed E-state index contributed by atoms with van der Waals surface area (Å²) in [7, 11) is 0. The molecule has 0 radical (unpaired) electrons. The highest BCUT2D eigenvalue weighted by Gasteiger charge is 2.64. The molecule has 0 unspecified atom stereocenters. The molecule has 2 heterocycles. The van der Waals surface area contributed by atoms with E-state index in [2.05, 4.69) is 11.9 Å². The Morgan fingerprint density at radius 1 is 1.17 bits per heavy atom. The van der Waals surface area contributed by atoms with Crippen molar-refractivity contribution in [3.63, 3.8) is 0 Å². The van der Waals surface area contributed by atoms with Crippen LogP contribution in [0.4, 0.5) is 5.69 Å². The van der Waals surface area contributed by atoms with Crippen molar-refractivity contribution in [3.8, 4) is 5.75 Å². The van der Waals surface area contributed by atoms with Gasteiger partial charge in [0.15, 0.2) is 5.72 Å². The minimum Gasteiger partial charge on any atom is -0.467 e. The van der Waals surface area contributed by atoms with Gasteiger partial charge in [0.2, 0.25) is 11.8 Å². The molecule has 1 saturated heterocycles. The maximum Gasteiger partial charge on any atom is 0.239 e. The lowest BCUT2D eigenvalue weighted by molar-refractivity contribution is -0.204. The monoisotopic (exact) mass is 402 g/mol. The van der Waals surface area contributed by atoms with E-state index in [1.807, 2.05) is 54.6 Å². The molecular weight excluding hydrogens is 376 g/mol. The molecule has 1 aliphatic carbocycles. The highest BCUT2D eigenvalue weighted by Crippen LogP contribution is 2.58. The molecule has 0 aromatic heterocycles. The zero-order valence-corrected chi connectivity index (χ0v) is 16.9. The van der Waals surface area contributed by atoms with E-state index in [1.54, 1.807) is 11.0 Å². The largest absolute Gasteiger partial charge is 0.467 e. The first kappa shape index (κ1) is 18.9. The van der Waals surface area contributed by atoms with Crippen molar-refractivity contribution >= 4 is 17.5 Å². The Morgan fingerprint density at radius 3 is 2.73 bits per heavy atom. The lowest BCUT2D eigenvalue weighted by Crippen LogP contribution is -2.71. The summed E-state index contributed by atoms with van der Waals surface area (Å²) in [5.41, 5.74) is 0.984. The molecule has 2 aromatic carbocycles. The highest BCUT2D eigenvalue weighted by molar-refractivity contribution is 6.08. The quantitative estimate of drug-likeness (QED) is 0.612. The van der Waals surface area contributed by atoms with Gasteiger partial charge in [-0.15, -0.1) is 6.58 Å². The van der Waals surface area contributed by atoms with Gasteiger partial charge in [0.05, 0.1) is 0 Å². The number of hydrogen-bond donors (Lipinski definition) is 1. The molecule has 4 atom stereocenters. The molecule has 2 fully saturated rings. The van der Waals surface area contributed by atoms with Gasteiger partial charge in [-0.3, -0.25) is 14.5 Å². The Hall–Kier alpha value is -3.08. The van der Waals surface area contributed by atoms with E-state index in [1.165, 1.54) is 0 Å². The summed E-state index contributed by atoms with van der Waals surface area (Å²) in [5, 5.41) is 2.98. The lowest BCUT2D eigenvalue weighted by atomic mass is 9.61. The standard InChI is InChI=1S/C25H26N2O3/c1-2-16-27-24(29)22(23(28)26-17-10-4-3-5-11-17)21-18-12-6-7-14-20(18)30-25(27)15-9-8-13-19(21)25/h2-7,10-12,14,19,21-22H,1,8-9,13,15-16H2,(H,26,28)/t19-,21-,22+,25+/m1/s1. The number of rotatable bonds is 4. The fourth-order valence-electron chi connectivity index (χ4n) is 5.70. The van der Waals surface area contributed by atoms with E-state index >= 15 is 0 Å². The van der Waals surface area contributed by atoms with E-state index in [0.717, 1.165) is 37.0 Å². The summed E-state index contributed by atoms with van der Waals surface area (Å²) in [4.78, 5) is 29.0. The molecule has 2 aliphatic heterocycles. The van der Waals surface area contributed by atoms with Gasteiger partial charge in [0.1, 0.15) is 11.7 Å². The van der Waals surface area contributed by atoms with Crippen LogP contribution < -0.4 is 10.1 Å². The number of benzene rings is 2. The van der Waals surface area contributed by atoms with Crippen LogP contribution in [-0.2, 0) is 9.59 Å². The number of nitrogens with zero attached hydrogens (tertiary/aromatic N) is 1. The van der Waals surface area contributed by atoms with Gasteiger partial charge >= 0.3 is 0 Å². The average molecular weight is 402 g/mol. The molecule has 5 heteroatoms. The molecule has 2 bridgehead atoms. The Labute approximate surface area is 176 Å². The lowest BCUT2D eigenvalue weighted by Gasteiger charge is -2.60. The second-order valence-electron chi connectivity index (χ2n) is 8.43. The number of anilines is 1. The van der Waals surface area contributed by atoms with Gasteiger partial charge in [-0.25, -0.2) is 0 Å². The van der Waals surface area contributed by atoms with Gasteiger partial charge in [0.25, 0.3) is 0 Å². The van der Waals surface area contributed by atoms with Crippen molar-refractivity contribution in [2.45, 2.75) is 37.3 Å². The highest BCUT2D eigenvalue weighted by atomic mass is 16.5. The average Bonchev–Trinajstić information content (AvgIpc) is 2.77. The molecule has 5 rings (SSSR count). The smallest absolute Gasteiger partial charge is 0.239 e. The number of hydrogen-bond acceptors (Lipinski definition) is 3. The van der Waals surface area contributed by atoms with Crippen LogP contribution in [0.15, 0.2) is 67.3 Å². The van der Waals surface area contributed by atoms with Crippen molar-refractivity contribution in [2.75, 3.05) is 11.9 Å². The predicted octanol–water partition coefficient (Wildman–Crippen LogP) is 4.33. The van der Waals surface area contributed by atoms with Crippen molar-refractivity contribution in [1.82, 2.24) is 4.90 Å². The number of fused-ring (bicyclic) bond motifs is 2. The fourth-order valence-corrected chi connectivity index (χ4v) is 5.70. The second-order valence-corrected chi connectivity index (χ2v) is 8.43. The van der Waals surface area contributed by atoms with Crippen LogP contribution in [0.1, 0.15) is 37.2 Å². The normalized spacial score (nSPS) is 29.3. The maximum atomic E-state index is 13.8. The van der Waals surface area contributed by atoms with Gasteiger partial charge in [-0.05, 0) is 36.6 Å². The third kappa shape index (κ3) is 2.76. The Balaban J connectivity index is 1.63. The van der Waals surface area contributed by atoms with Crippen molar-refractivity contribution in [2.24, 2.45) is 11.8 Å². The van der Waals surface area contributed by atoms with E-state index in [4.69, 9.17) is 4.74 Å². The molecule has 5 nitrogen and oxygen atoms in total. The topological polar surface area (TPSA) is 58.6 Å². The SMILES string of the molecule is C=CCN1C(=O)[C@H](C(=O)Nc2ccccc2)[C@@H]2c3ccccc3O[C@]13CCCC[C@H]23. The van der Waals surface area contributed by atoms with Crippen LogP contribution in [-0.4, -0.2) is 29.0 Å². The predicted molar refractivity (Wildman–Crippen MR) is 115 cm³/mol. The molecule has 30 heavy (non-hydrogen) atoms. The van der Waals surface area contributed by atoms with Crippen molar-refractivity contribution < 1.29 is 14.3 Å². The van der Waals surface area contributed by atoms with Gasteiger partial charge in [-0.1, -0.05) is 48.9 Å². The minimum atomic E-state index is -0.786. The van der Waals surface area contributed by atoms with Crippen LogP contribution in [0.3, 0.4) is 0 Å². The zero-order chi connectivity index (χ0) is 20.7. The first-order valence-electron chi connectivity index (χ1n) is 10.7. The molecule has 2 aromatic rings. The maximum absolute atomic E-state index is 13.8. The number of likely N-dealkylation sites (tertiary alicyclic amines) is 1. The Kier molecular flexibility index (Phi) is 4.61. The van der Waals surface area contributed by atoms with Gasteiger partial charge in [0, 0.05) is 30.5 Å². The first-order chi connectivity index (χ1) is 14.7. The molecule has 1 saturated carbocycles. The number of piperidine rings is 1. The fraction of sp³-hybridized carbons (Fsp3) is 0.360. The molecular formula is C25H26N2O3. The Bertz CT molecular complexity index is 989. The number of para-hydroxylation sites is 2. The van der Waals surface area contributed by atoms with E-state index in [-0.39, 0.29) is 23.7 Å².